The zero-order valence-electron chi connectivity index (χ0n) is 9.30. The second kappa shape index (κ2) is 5.47. The van der Waals surface area contributed by atoms with Gasteiger partial charge in [-0.15, -0.1) is 0 Å². The molecule has 1 aromatic carbocycles. The maximum absolute atomic E-state index is 12.9. The van der Waals surface area contributed by atoms with Crippen molar-refractivity contribution in [2.75, 3.05) is 6.54 Å². The summed E-state index contributed by atoms with van der Waals surface area (Å²) in [5.41, 5.74) is 0.870. The van der Waals surface area contributed by atoms with Gasteiger partial charge in [-0.25, -0.2) is 4.39 Å². The highest BCUT2D eigenvalue weighted by atomic mass is 35.5. The van der Waals surface area contributed by atoms with Crippen LogP contribution >= 0.6 is 11.6 Å². The van der Waals surface area contributed by atoms with Gasteiger partial charge in [-0.2, -0.15) is 0 Å². The van der Waals surface area contributed by atoms with Crippen LogP contribution in [-0.2, 0) is 11.3 Å². The molecule has 1 heterocycles. The molecular weight excluding hydrogens is 243 g/mol. The number of hydrogen-bond donors (Lipinski definition) is 2. The summed E-state index contributed by atoms with van der Waals surface area (Å²) in [4.78, 5) is 11.5. The summed E-state index contributed by atoms with van der Waals surface area (Å²) in [5.74, 6) is -0.393. The molecule has 1 atom stereocenters. The van der Waals surface area contributed by atoms with E-state index < -0.39 is 5.82 Å². The molecule has 17 heavy (non-hydrogen) atoms. The van der Waals surface area contributed by atoms with E-state index in [1.807, 2.05) is 0 Å². The number of hydrogen-bond acceptors (Lipinski definition) is 2. The third-order valence-electron chi connectivity index (χ3n) is 2.82. The smallest absolute Gasteiger partial charge is 0.237 e. The average molecular weight is 257 g/mol. The molecular formula is C12H14ClFN2O. The Morgan fingerprint density at radius 1 is 1.53 bits per heavy atom. The van der Waals surface area contributed by atoms with Gasteiger partial charge in [0.25, 0.3) is 0 Å². The lowest BCUT2D eigenvalue weighted by Crippen LogP contribution is -2.47. The summed E-state index contributed by atoms with van der Waals surface area (Å²) in [5, 5.41) is 6.05. The third-order valence-corrected chi connectivity index (χ3v) is 3.11. The topological polar surface area (TPSA) is 41.1 Å². The lowest BCUT2D eigenvalue weighted by Gasteiger charge is -2.22. The highest BCUT2D eigenvalue weighted by molar-refractivity contribution is 6.30. The quantitative estimate of drug-likeness (QED) is 0.867. The minimum Gasteiger partial charge on any atom is -0.355 e. The number of benzene rings is 1. The Morgan fingerprint density at radius 2 is 2.35 bits per heavy atom. The van der Waals surface area contributed by atoms with Crippen LogP contribution < -0.4 is 10.6 Å². The van der Waals surface area contributed by atoms with Gasteiger partial charge in [0.2, 0.25) is 5.91 Å². The van der Waals surface area contributed by atoms with Gasteiger partial charge in [-0.05, 0) is 30.5 Å². The molecule has 1 aliphatic heterocycles. The molecule has 1 fully saturated rings. The Hall–Kier alpha value is -1.13. The summed E-state index contributed by atoms with van der Waals surface area (Å²) in [7, 11) is 0. The molecule has 1 unspecified atom stereocenters. The predicted octanol–water partition coefficient (Wildman–Crippen LogP) is 1.85. The van der Waals surface area contributed by atoms with Gasteiger partial charge < -0.3 is 10.6 Å². The van der Waals surface area contributed by atoms with Crippen molar-refractivity contribution in [1.82, 2.24) is 10.6 Å². The molecule has 92 valence electrons. The average Bonchev–Trinajstić information content (AvgIpc) is 2.32. The van der Waals surface area contributed by atoms with E-state index in [9.17, 15) is 9.18 Å². The normalized spacial score (nSPS) is 20.1. The van der Waals surface area contributed by atoms with Gasteiger partial charge in [0.1, 0.15) is 5.82 Å². The van der Waals surface area contributed by atoms with Crippen LogP contribution in [0.5, 0.6) is 0 Å². The molecule has 1 aliphatic rings. The van der Waals surface area contributed by atoms with Crippen molar-refractivity contribution in [3.05, 3.63) is 34.6 Å². The first kappa shape index (κ1) is 12.3. The minimum absolute atomic E-state index is 0.0319. The Balaban J connectivity index is 1.92. The van der Waals surface area contributed by atoms with Crippen molar-refractivity contribution in [3.8, 4) is 0 Å². The maximum atomic E-state index is 12.9. The molecule has 2 rings (SSSR count). The van der Waals surface area contributed by atoms with Crippen molar-refractivity contribution >= 4 is 17.5 Å². The standard InChI is InChI=1S/C12H14ClFN2O/c13-9-6-8(3-4-10(9)14)7-16-11-2-1-5-15-12(11)17/h3-4,6,11,16H,1-2,5,7H2,(H,15,17). The molecule has 1 saturated heterocycles. The van der Waals surface area contributed by atoms with E-state index >= 15 is 0 Å². The Bertz CT molecular complexity index is 425. The molecule has 0 aromatic heterocycles. The van der Waals surface area contributed by atoms with E-state index in [-0.39, 0.29) is 17.0 Å². The van der Waals surface area contributed by atoms with Crippen LogP contribution in [0.25, 0.3) is 0 Å². The first-order valence-corrected chi connectivity index (χ1v) is 5.99. The maximum Gasteiger partial charge on any atom is 0.237 e. The second-order valence-electron chi connectivity index (χ2n) is 4.12. The fourth-order valence-electron chi connectivity index (χ4n) is 1.86. The Morgan fingerprint density at radius 3 is 3.06 bits per heavy atom. The largest absolute Gasteiger partial charge is 0.355 e. The molecule has 5 heteroatoms. The number of carbonyl (C=O) groups excluding carboxylic acids is 1. The highest BCUT2D eigenvalue weighted by Gasteiger charge is 2.20. The fraction of sp³-hybridized carbons (Fsp3) is 0.417. The van der Waals surface area contributed by atoms with Crippen LogP contribution in [-0.4, -0.2) is 18.5 Å². The van der Waals surface area contributed by atoms with Gasteiger partial charge in [0, 0.05) is 13.1 Å². The lowest BCUT2D eigenvalue weighted by atomic mass is 10.1. The summed E-state index contributed by atoms with van der Waals surface area (Å²) in [6.45, 7) is 1.26. The molecule has 0 spiro atoms. The van der Waals surface area contributed by atoms with Crippen LogP contribution in [0.4, 0.5) is 4.39 Å². The monoisotopic (exact) mass is 256 g/mol. The molecule has 1 aromatic rings. The van der Waals surface area contributed by atoms with Gasteiger partial charge >= 0.3 is 0 Å². The van der Waals surface area contributed by atoms with Crippen molar-refractivity contribution in [2.45, 2.75) is 25.4 Å². The van der Waals surface area contributed by atoms with Crippen LogP contribution in [0.2, 0.25) is 5.02 Å². The van der Waals surface area contributed by atoms with Crippen LogP contribution in [0.1, 0.15) is 18.4 Å². The van der Waals surface area contributed by atoms with Crippen molar-refractivity contribution in [2.24, 2.45) is 0 Å². The van der Waals surface area contributed by atoms with E-state index in [0.29, 0.717) is 6.54 Å². The van der Waals surface area contributed by atoms with E-state index in [2.05, 4.69) is 10.6 Å². The van der Waals surface area contributed by atoms with Crippen LogP contribution in [0.15, 0.2) is 18.2 Å². The summed E-state index contributed by atoms with van der Waals surface area (Å²) < 4.78 is 12.9. The highest BCUT2D eigenvalue weighted by Crippen LogP contribution is 2.16. The van der Waals surface area contributed by atoms with Gasteiger partial charge in [-0.3, -0.25) is 4.79 Å². The SMILES string of the molecule is O=C1NCCCC1NCc1ccc(F)c(Cl)c1. The second-order valence-corrected chi connectivity index (χ2v) is 4.52. The molecule has 0 bridgehead atoms. The van der Waals surface area contributed by atoms with Crippen molar-refractivity contribution < 1.29 is 9.18 Å². The zero-order valence-corrected chi connectivity index (χ0v) is 10.1. The molecule has 0 aliphatic carbocycles. The van der Waals surface area contributed by atoms with E-state index in [0.717, 1.165) is 24.9 Å². The van der Waals surface area contributed by atoms with E-state index in [4.69, 9.17) is 11.6 Å². The molecule has 3 nitrogen and oxygen atoms in total. The Labute approximate surface area is 104 Å². The molecule has 2 N–H and O–H groups in total. The predicted molar refractivity (Wildman–Crippen MR) is 64.3 cm³/mol. The number of piperidine rings is 1. The van der Waals surface area contributed by atoms with Gasteiger partial charge in [0.15, 0.2) is 0 Å². The first-order chi connectivity index (χ1) is 8.16. The third kappa shape index (κ3) is 3.17. The summed E-state index contributed by atoms with van der Waals surface area (Å²) >= 11 is 5.68. The van der Waals surface area contributed by atoms with Crippen LogP contribution in [0, 0.1) is 5.82 Å². The number of amides is 1. The first-order valence-electron chi connectivity index (χ1n) is 5.62. The van der Waals surface area contributed by atoms with Crippen molar-refractivity contribution in [3.63, 3.8) is 0 Å². The lowest BCUT2D eigenvalue weighted by molar-refractivity contribution is -0.124. The number of carbonyl (C=O) groups is 1. The number of nitrogens with one attached hydrogen (secondary N) is 2. The van der Waals surface area contributed by atoms with Crippen molar-refractivity contribution in [1.29, 1.82) is 0 Å². The minimum atomic E-state index is -0.425. The van der Waals surface area contributed by atoms with Gasteiger partial charge in [0.05, 0.1) is 11.1 Å². The fourth-order valence-corrected chi connectivity index (χ4v) is 2.06. The molecule has 1 amide bonds. The number of halogens is 2. The summed E-state index contributed by atoms with van der Waals surface area (Å²) in [6, 6.07) is 4.41. The number of rotatable bonds is 3. The molecule has 0 saturated carbocycles. The summed E-state index contributed by atoms with van der Waals surface area (Å²) in [6.07, 6.45) is 1.81. The zero-order chi connectivity index (χ0) is 12.3. The van der Waals surface area contributed by atoms with Crippen LogP contribution in [0.3, 0.4) is 0 Å². The Kier molecular flexibility index (Phi) is 3.97. The van der Waals surface area contributed by atoms with Gasteiger partial charge in [-0.1, -0.05) is 17.7 Å². The van der Waals surface area contributed by atoms with E-state index in [1.165, 1.54) is 6.07 Å². The van der Waals surface area contributed by atoms with E-state index in [1.54, 1.807) is 12.1 Å². The molecule has 0 radical (unpaired) electrons.